The number of benzene rings is 1. The predicted octanol–water partition coefficient (Wildman–Crippen LogP) is 1.83. The lowest BCUT2D eigenvalue weighted by Gasteiger charge is -2.41. The summed E-state index contributed by atoms with van der Waals surface area (Å²) in [6.45, 7) is 5.69. The van der Waals surface area contributed by atoms with Gasteiger partial charge in [-0.3, -0.25) is 9.69 Å². The first-order valence-electron chi connectivity index (χ1n) is 7.13. The summed E-state index contributed by atoms with van der Waals surface area (Å²) in [6, 6.07) is 5.52. The van der Waals surface area contributed by atoms with Gasteiger partial charge in [0.15, 0.2) is 0 Å². The van der Waals surface area contributed by atoms with Gasteiger partial charge in [0.25, 0.3) is 0 Å². The molecule has 1 amide bonds. The summed E-state index contributed by atoms with van der Waals surface area (Å²) in [5.41, 5.74) is 7.35. The Morgan fingerprint density at radius 1 is 1.55 bits per heavy atom. The highest BCUT2D eigenvalue weighted by Gasteiger charge is 2.29. The summed E-state index contributed by atoms with van der Waals surface area (Å²) < 4.78 is 0. The Balaban J connectivity index is 2.10. The van der Waals surface area contributed by atoms with E-state index in [1.807, 2.05) is 19.9 Å². The molecule has 0 aliphatic carbocycles. The van der Waals surface area contributed by atoms with Crippen LogP contribution in [-0.4, -0.2) is 35.0 Å². The molecule has 1 heterocycles. The number of anilines is 1. The van der Waals surface area contributed by atoms with Crippen LogP contribution in [0.2, 0.25) is 0 Å². The Kier molecular flexibility index (Phi) is 4.62. The van der Waals surface area contributed by atoms with Gasteiger partial charge in [0, 0.05) is 42.8 Å². The van der Waals surface area contributed by atoms with Gasteiger partial charge in [0.05, 0.1) is 0 Å². The van der Waals surface area contributed by atoms with Crippen molar-refractivity contribution in [3.8, 4) is 5.75 Å². The zero-order valence-corrected chi connectivity index (χ0v) is 12.1. The molecule has 20 heavy (non-hydrogen) atoms. The molecular formula is C15H23N3O2. The molecule has 0 radical (unpaired) electrons. The Labute approximate surface area is 119 Å². The smallest absolute Gasteiger partial charge is 0.224 e. The van der Waals surface area contributed by atoms with Crippen LogP contribution in [0.5, 0.6) is 5.75 Å². The van der Waals surface area contributed by atoms with Crippen LogP contribution in [0.15, 0.2) is 18.2 Å². The molecule has 0 saturated carbocycles. The number of carbonyl (C=O) groups is 1. The maximum atomic E-state index is 11.6. The third-order valence-electron chi connectivity index (χ3n) is 3.72. The summed E-state index contributed by atoms with van der Waals surface area (Å²) in [4.78, 5) is 13.8. The maximum absolute atomic E-state index is 11.6. The van der Waals surface area contributed by atoms with Crippen molar-refractivity contribution in [2.75, 3.05) is 18.4 Å². The molecule has 110 valence electrons. The first-order valence-corrected chi connectivity index (χ1v) is 7.13. The molecule has 0 spiro atoms. The maximum Gasteiger partial charge on any atom is 0.224 e. The van der Waals surface area contributed by atoms with Crippen LogP contribution in [0, 0.1) is 0 Å². The fourth-order valence-electron chi connectivity index (χ4n) is 2.48. The molecule has 1 atom stereocenters. The number of nitrogens with one attached hydrogen (secondary N) is 1. The van der Waals surface area contributed by atoms with E-state index in [1.54, 1.807) is 12.1 Å². The minimum atomic E-state index is 0.00256. The molecule has 1 aromatic rings. The molecule has 1 fully saturated rings. The topological polar surface area (TPSA) is 78.6 Å². The third-order valence-corrected chi connectivity index (χ3v) is 3.72. The van der Waals surface area contributed by atoms with E-state index in [1.165, 1.54) is 0 Å². The molecule has 2 rings (SSSR count). The number of hydrogen-bond acceptors (Lipinski definition) is 4. The van der Waals surface area contributed by atoms with E-state index < -0.39 is 0 Å². The van der Waals surface area contributed by atoms with Gasteiger partial charge in [-0.25, -0.2) is 0 Å². The van der Waals surface area contributed by atoms with Crippen molar-refractivity contribution in [1.82, 2.24) is 4.90 Å². The van der Waals surface area contributed by atoms with Crippen molar-refractivity contribution < 1.29 is 9.90 Å². The zero-order valence-electron chi connectivity index (χ0n) is 12.1. The number of nitrogens with two attached hydrogens (primary N) is 1. The van der Waals surface area contributed by atoms with Crippen LogP contribution in [0.4, 0.5) is 5.69 Å². The van der Waals surface area contributed by atoms with E-state index in [2.05, 4.69) is 10.2 Å². The quantitative estimate of drug-likeness (QED) is 0.718. The molecule has 1 saturated heterocycles. The van der Waals surface area contributed by atoms with Crippen LogP contribution in [0.1, 0.15) is 38.3 Å². The van der Waals surface area contributed by atoms with Gasteiger partial charge in [-0.15, -0.1) is 0 Å². The van der Waals surface area contributed by atoms with Crippen molar-refractivity contribution in [1.29, 1.82) is 0 Å². The fraction of sp³-hybridized carbons (Fsp3) is 0.533. The summed E-state index contributed by atoms with van der Waals surface area (Å²) in [5.74, 6) is 0.259. The van der Waals surface area contributed by atoms with E-state index in [4.69, 9.17) is 5.73 Å². The molecular weight excluding hydrogens is 254 g/mol. The number of nitrogens with zero attached hydrogens (tertiary/aromatic N) is 1. The fourth-order valence-corrected chi connectivity index (χ4v) is 2.48. The zero-order chi connectivity index (χ0) is 14.7. The number of hydrogen-bond donors (Lipinski definition) is 3. The number of phenolic OH excluding ortho intramolecular Hbond substituents is 1. The summed E-state index contributed by atoms with van der Waals surface area (Å²) >= 11 is 0. The van der Waals surface area contributed by atoms with Crippen molar-refractivity contribution in [3.05, 3.63) is 23.8 Å². The average molecular weight is 277 g/mol. The molecule has 1 aliphatic heterocycles. The Morgan fingerprint density at radius 2 is 2.25 bits per heavy atom. The van der Waals surface area contributed by atoms with E-state index >= 15 is 0 Å². The van der Waals surface area contributed by atoms with Crippen molar-refractivity contribution in [3.63, 3.8) is 0 Å². The van der Waals surface area contributed by atoms with Crippen molar-refractivity contribution >= 4 is 11.6 Å². The summed E-state index contributed by atoms with van der Waals surface area (Å²) in [6.07, 6.45) is 1.32. The highest BCUT2D eigenvalue weighted by Crippen LogP contribution is 2.33. The number of amides is 1. The highest BCUT2D eigenvalue weighted by atomic mass is 16.3. The third kappa shape index (κ3) is 3.29. The molecule has 1 aromatic carbocycles. The van der Waals surface area contributed by atoms with E-state index in [0.717, 1.165) is 30.8 Å². The normalized spacial score (nSPS) is 17.6. The minimum Gasteiger partial charge on any atom is -0.508 e. The number of aromatic hydroxyl groups is 1. The first kappa shape index (κ1) is 14.8. The standard InChI is InChI=1S/C15H23N3O2/c1-3-4-15(20)17-12-5-6-14(19)13(7-12)10(2)18-8-11(16)9-18/h5-7,10-11,19H,3-4,8-9,16H2,1-2H3,(H,17,20). The predicted molar refractivity (Wildman–Crippen MR) is 79.6 cm³/mol. The minimum absolute atomic E-state index is 0.00256. The largest absolute Gasteiger partial charge is 0.508 e. The Bertz CT molecular complexity index is 484. The number of phenols is 1. The molecule has 0 bridgehead atoms. The summed E-state index contributed by atoms with van der Waals surface area (Å²) in [7, 11) is 0. The Morgan fingerprint density at radius 3 is 2.85 bits per heavy atom. The average Bonchev–Trinajstić information content (AvgIpc) is 2.37. The molecule has 5 heteroatoms. The van der Waals surface area contributed by atoms with Gasteiger partial charge in [-0.2, -0.15) is 0 Å². The van der Waals surface area contributed by atoms with Gasteiger partial charge < -0.3 is 16.2 Å². The van der Waals surface area contributed by atoms with Crippen LogP contribution in [0.25, 0.3) is 0 Å². The van der Waals surface area contributed by atoms with Crippen LogP contribution in [0.3, 0.4) is 0 Å². The second-order valence-corrected chi connectivity index (χ2v) is 5.46. The lowest BCUT2D eigenvalue weighted by molar-refractivity contribution is -0.116. The van der Waals surface area contributed by atoms with Gasteiger partial charge in [0.1, 0.15) is 5.75 Å². The van der Waals surface area contributed by atoms with Gasteiger partial charge in [0.2, 0.25) is 5.91 Å². The molecule has 5 nitrogen and oxygen atoms in total. The Hall–Kier alpha value is -1.59. The van der Waals surface area contributed by atoms with Crippen LogP contribution >= 0.6 is 0 Å². The number of carbonyl (C=O) groups excluding carboxylic acids is 1. The molecule has 4 N–H and O–H groups in total. The van der Waals surface area contributed by atoms with Gasteiger partial charge in [-0.1, -0.05) is 6.92 Å². The number of likely N-dealkylation sites (tertiary alicyclic amines) is 1. The van der Waals surface area contributed by atoms with E-state index in [9.17, 15) is 9.90 Å². The van der Waals surface area contributed by atoms with Crippen molar-refractivity contribution in [2.24, 2.45) is 5.73 Å². The van der Waals surface area contributed by atoms with Gasteiger partial charge >= 0.3 is 0 Å². The molecule has 1 unspecified atom stereocenters. The molecule has 0 aromatic heterocycles. The first-order chi connectivity index (χ1) is 9.51. The summed E-state index contributed by atoms with van der Waals surface area (Å²) in [5, 5.41) is 12.9. The SMILES string of the molecule is CCCC(=O)Nc1ccc(O)c(C(C)N2CC(N)C2)c1. The lowest BCUT2D eigenvalue weighted by atomic mass is 9.99. The van der Waals surface area contributed by atoms with E-state index in [-0.39, 0.29) is 23.7 Å². The van der Waals surface area contributed by atoms with E-state index in [0.29, 0.717) is 6.42 Å². The second-order valence-electron chi connectivity index (χ2n) is 5.46. The van der Waals surface area contributed by atoms with Crippen molar-refractivity contribution in [2.45, 2.75) is 38.8 Å². The van der Waals surface area contributed by atoms with Crippen LogP contribution < -0.4 is 11.1 Å². The monoisotopic (exact) mass is 277 g/mol. The van der Waals surface area contributed by atoms with Crippen LogP contribution in [-0.2, 0) is 4.79 Å². The second kappa shape index (κ2) is 6.24. The number of rotatable bonds is 5. The lowest BCUT2D eigenvalue weighted by Crippen LogP contribution is -2.56. The molecule has 1 aliphatic rings. The van der Waals surface area contributed by atoms with Gasteiger partial charge in [-0.05, 0) is 31.5 Å². The highest BCUT2D eigenvalue weighted by molar-refractivity contribution is 5.90.